The van der Waals surface area contributed by atoms with Crippen molar-refractivity contribution in [2.45, 2.75) is 18.6 Å². The van der Waals surface area contributed by atoms with Gasteiger partial charge in [-0.2, -0.15) is 5.10 Å². The molecule has 2 heterocycles. The van der Waals surface area contributed by atoms with Crippen molar-refractivity contribution >= 4 is 19.7 Å². The van der Waals surface area contributed by atoms with Gasteiger partial charge in [0.15, 0.2) is 5.82 Å². The summed E-state index contributed by atoms with van der Waals surface area (Å²) < 4.78 is 23.8. The molecule has 0 aliphatic carbocycles. The zero-order chi connectivity index (χ0) is 11.8. The molecule has 2 rings (SSSR count). The number of hydrogen-bond acceptors (Lipinski definition) is 5. The van der Waals surface area contributed by atoms with E-state index in [1.807, 2.05) is 0 Å². The first-order chi connectivity index (χ1) is 7.54. The van der Waals surface area contributed by atoms with Gasteiger partial charge in [-0.25, -0.2) is 8.42 Å². The minimum atomic E-state index is -3.89. The molecule has 0 aromatic carbocycles. The van der Waals surface area contributed by atoms with Crippen molar-refractivity contribution in [2.75, 3.05) is 0 Å². The molecule has 0 aliphatic heterocycles. The summed E-state index contributed by atoms with van der Waals surface area (Å²) in [6, 6.07) is 1.67. The fraction of sp³-hybridized carbons (Fsp3) is 0.286. The first-order valence-corrected chi connectivity index (χ1v) is 6.72. The SMILES string of the molecule is CCn1c(-c2ccn[nH]2)nnc1S(=O)(=O)Cl. The van der Waals surface area contributed by atoms with Crippen LogP contribution in [0.3, 0.4) is 0 Å². The van der Waals surface area contributed by atoms with Crippen LogP contribution in [0.4, 0.5) is 0 Å². The lowest BCUT2D eigenvalue weighted by atomic mass is 10.4. The molecule has 0 bridgehead atoms. The van der Waals surface area contributed by atoms with Crippen molar-refractivity contribution in [3.8, 4) is 11.5 Å². The number of nitrogens with one attached hydrogen (secondary N) is 1. The van der Waals surface area contributed by atoms with Gasteiger partial charge in [0.2, 0.25) is 0 Å². The molecule has 0 atom stereocenters. The van der Waals surface area contributed by atoms with Crippen molar-refractivity contribution < 1.29 is 8.42 Å². The number of halogens is 1. The van der Waals surface area contributed by atoms with Gasteiger partial charge in [0.1, 0.15) is 5.69 Å². The normalized spacial score (nSPS) is 11.9. The molecule has 0 fully saturated rings. The maximum atomic E-state index is 11.2. The van der Waals surface area contributed by atoms with Crippen molar-refractivity contribution in [3.63, 3.8) is 0 Å². The largest absolute Gasteiger partial charge is 0.296 e. The standard InChI is InChI=1S/C7H8ClN5O2S/c1-2-13-6(5-3-4-9-10-5)11-12-7(13)16(8,14)15/h3-4H,2H2,1H3,(H,9,10). The summed E-state index contributed by atoms with van der Waals surface area (Å²) in [5, 5.41) is 13.5. The summed E-state index contributed by atoms with van der Waals surface area (Å²) in [6.07, 6.45) is 1.54. The molecule has 2 aromatic rings. The maximum absolute atomic E-state index is 11.2. The summed E-state index contributed by atoms with van der Waals surface area (Å²) in [5.74, 6) is 0.388. The van der Waals surface area contributed by atoms with Crippen LogP contribution in [0.15, 0.2) is 17.4 Å². The quantitative estimate of drug-likeness (QED) is 0.818. The molecule has 86 valence electrons. The molecule has 7 nitrogen and oxygen atoms in total. The Morgan fingerprint density at radius 2 is 2.25 bits per heavy atom. The molecule has 0 spiro atoms. The summed E-state index contributed by atoms with van der Waals surface area (Å²) >= 11 is 0. The predicted molar refractivity (Wildman–Crippen MR) is 56.3 cm³/mol. The van der Waals surface area contributed by atoms with Crippen molar-refractivity contribution in [1.82, 2.24) is 25.0 Å². The third kappa shape index (κ3) is 1.81. The van der Waals surface area contributed by atoms with E-state index in [1.165, 1.54) is 4.57 Å². The fourth-order valence-electron chi connectivity index (χ4n) is 1.33. The Morgan fingerprint density at radius 1 is 1.50 bits per heavy atom. The van der Waals surface area contributed by atoms with E-state index in [2.05, 4.69) is 20.4 Å². The topological polar surface area (TPSA) is 93.5 Å². The van der Waals surface area contributed by atoms with Crippen LogP contribution in [-0.2, 0) is 15.6 Å². The van der Waals surface area contributed by atoms with Gasteiger partial charge < -0.3 is 0 Å². The molecule has 0 saturated heterocycles. The minimum absolute atomic E-state index is 0.263. The lowest BCUT2D eigenvalue weighted by Crippen LogP contribution is -2.06. The molecule has 0 unspecified atom stereocenters. The van der Waals surface area contributed by atoms with E-state index in [1.54, 1.807) is 19.2 Å². The number of aromatic nitrogens is 5. The molecule has 1 N–H and O–H groups in total. The molecule has 0 saturated carbocycles. The number of nitrogens with zero attached hydrogens (tertiary/aromatic N) is 4. The van der Waals surface area contributed by atoms with Gasteiger partial charge >= 0.3 is 0 Å². The molecule has 2 aromatic heterocycles. The van der Waals surface area contributed by atoms with Crippen molar-refractivity contribution in [3.05, 3.63) is 12.3 Å². The first kappa shape index (κ1) is 11.1. The summed E-state index contributed by atoms with van der Waals surface area (Å²) in [4.78, 5) is 0. The van der Waals surface area contributed by atoms with Gasteiger partial charge in [-0.1, -0.05) is 0 Å². The van der Waals surface area contributed by atoms with Crippen molar-refractivity contribution in [2.24, 2.45) is 0 Å². The Kier molecular flexibility index (Phi) is 2.68. The number of H-pyrrole nitrogens is 1. The third-order valence-corrected chi connectivity index (χ3v) is 3.15. The van der Waals surface area contributed by atoms with Crippen LogP contribution in [0.25, 0.3) is 11.5 Å². The maximum Gasteiger partial charge on any atom is 0.296 e. The monoisotopic (exact) mass is 261 g/mol. The van der Waals surface area contributed by atoms with Crippen LogP contribution in [0, 0.1) is 0 Å². The van der Waals surface area contributed by atoms with E-state index < -0.39 is 9.05 Å². The van der Waals surface area contributed by atoms with Crippen LogP contribution in [-0.4, -0.2) is 33.4 Å². The Bertz CT molecular complexity index is 588. The molecule has 0 aliphatic rings. The molecule has 0 radical (unpaired) electrons. The average Bonchev–Trinajstić information content (AvgIpc) is 2.84. The van der Waals surface area contributed by atoms with E-state index >= 15 is 0 Å². The van der Waals surface area contributed by atoms with E-state index in [0.29, 0.717) is 18.1 Å². The van der Waals surface area contributed by atoms with Gasteiger partial charge in [0.05, 0.1) is 0 Å². The highest BCUT2D eigenvalue weighted by Gasteiger charge is 2.22. The zero-order valence-electron chi connectivity index (χ0n) is 8.25. The second-order valence-corrected chi connectivity index (χ2v) is 5.42. The molecular formula is C7H8ClN5O2S. The van der Waals surface area contributed by atoms with E-state index in [0.717, 1.165) is 0 Å². The van der Waals surface area contributed by atoms with Gasteiger partial charge in [-0.05, 0) is 13.0 Å². The number of hydrogen-bond donors (Lipinski definition) is 1. The Hall–Kier alpha value is -1.41. The third-order valence-electron chi connectivity index (χ3n) is 1.99. The average molecular weight is 262 g/mol. The summed E-state index contributed by atoms with van der Waals surface area (Å²) in [5.41, 5.74) is 0.584. The lowest BCUT2D eigenvalue weighted by Gasteiger charge is -2.02. The smallest absolute Gasteiger partial charge is 0.296 e. The van der Waals surface area contributed by atoms with Crippen LogP contribution >= 0.6 is 10.7 Å². The van der Waals surface area contributed by atoms with Gasteiger partial charge in [-0.15, -0.1) is 10.2 Å². The lowest BCUT2D eigenvalue weighted by molar-refractivity contribution is 0.582. The molecule has 0 amide bonds. The summed E-state index contributed by atoms with van der Waals surface area (Å²) in [7, 11) is 1.35. The molecular weight excluding hydrogens is 254 g/mol. The fourth-order valence-corrected chi connectivity index (χ4v) is 2.29. The minimum Gasteiger partial charge on any atom is -0.296 e. The Labute approximate surface area is 95.9 Å². The van der Waals surface area contributed by atoms with Crippen LogP contribution in [0.2, 0.25) is 0 Å². The van der Waals surface area contributed by atoms with Crippen LogP contribution < -0.4 is 0 Å². The van der Waals surface area contributed by atoms with Gasteiger partial charge in [0, 0.05) is 23.4 Å². The summed E-state index contributed by atoms with van der Waals surface area (Å²) in [6.45, 7) is 2.16. The van der Waals surface area contributed by atoms with Crippen molar-refractivity contribution in [1.29, 1.82) is 0 Å². The Morgan fingerprint density at radius 3 is 2.75 bits per heavy atom. The van der Waals surface area contributed by atoms with Crippen LogP contribution in [0.1, 0.15) is 6.92 Å². The highest BCUT2D eigenvalue weighted by Crippen LogP contribution is 2.20. The second kappa shape index (κ2) is 3.87. The highest BCUT2D eigenvalue weighted by molar-refractivity contribution is 8.13. The van der Waals surface area contributed by atoms with Gasteiger partial charge in [0.25, 0.3) is 14.2 Å². The van der Waals surface area contributed by atoms with E-state index in [-0.39, 0.29) is 5.16 Å². The van der Waals surface area contributed by atoms with E-state index in [9.17, 15) is 8.42 Å². The number of rotatable bonds is 3. The second-order valence-electron chi connectivity index (χ2n) is 2.96. The van der Waals surface area contributed by atoms with E-state index in [4.69, 9.17) is 10.7 Å². The Balaban J connectivity index is 2.63. The first-order valence-electron chi connectivity index (χ1n) is 4.41. The van der Waals surface area contributed by atoms with Crippen LogP contribution in [0.5, 0.6) is 0 Å². The number of aromatic amines is 1. The molecule has 9 heteroatoms. The zero-order valence-corrected chi connectivity index (χ0v) is 9.83. The molecule has 16 heavy (non-hydrogen) atoms. The van der Waals surface area contributed by atoms with Gasteiger partial charge in [-0.3, -0.25) is 9.67 Å². The predicted octanol–water partition coefficient (Wildman–Crippen LogP) is 0.616. The highest BCUT2D eigenvalue weighted by atomic mass is 35.7.